The fraction of sp³-hybridized carbons (Fsp3) is 0.800. The van der Waals surface area contributed by atoms with E-state index in [9.17, 15) is 0 Å². The van der Waals surface area contributed by atoms with Gasteiger partial charge in [0.05, 0.1) is 0 Å². The minimum atomic E-state index is 0.635. The SMILES string of the molecule is CCNC(C)CCCCn1cncn1. The van der Waals surface area contributed by atoms with Crippen molar-refractivity contribution in [3.8, 4) is 0 Å². The Morgan fingerprint density at radius 1 is 1.43 bits per heavy atom. The fourth-order valence-corrected chi connectivity index (χ4v) is 1.52. The standard InChI is InChI=1S/C10H20N4/c1-3-12-10(2)6-4-5-7-14-9-11-8-13-14/h8-10,12H,3-7H2,1-2H3. The molecule has 0 saturated carbocycles. The molecule has 0 saturated heterocycles. The van der Waals surface area contributed by atoms with Gasteiger partial charge in [0.15, 0.2) is 0 Å². The van der Waals surface area contributed by atoms with E-state index in [2.05, 4.69) is 29.2 Å². The summed E-state index contributed by atoms with van der Waals surface area (Å²) in [5.74, 6) is 0. The molecular weight excluding hydrogens is 176 g/mol. The Balaban J connectivity index is 1.99. The molecule has 14 heavy (non-hydrogen) atoms. The summed E-state index contributed by atoms with van der Waals surface area (Å²) in [6, 6.07) is 0.635. The first-order chi connectivity index (χ1) is 6.83. The average molecular weight is 196 g/mol. The number of nitrogens with one attached hydrogen (secondary N) is 1. The quantitative estimate of drug-likeness (QED) is 0.671. The zero-order valence-corrected chi connectivity index (χ0v) is 9.11. The van der Waals surface area contributed by atoms with Crippen molar-refractivity contribution in [1.29, 1.82) is 0 Å². The molecule has 80 valence electrons. The van der Waals surface area contributed by atoms with Crippen LogP contribution in [0.4, 0.5) is 0 Å². The molecule has 4 nitrogen and oxygen atoms in total. The first-order valence-corrected chi connectivity index (χ1v) is 5.38. The number of hydrogen-bond donors (Lipinski definition) is 1. The van der Waals surface area contributed by atoms with Gasteiger partial charge in [-0.25, -0.2) is 4.98 Å². The van der Waals surface area contributed by atoms with Gasteiger partial charge < -0.3 is 5.32 Å². The minimum absolute atomic E-state index is 0.635. The van der Waals surface area contributed by atoms with Gasteiger partial charge >= 0.3 is 0 Å². The molecule has 1 rings (SSSR count). The van der Waals surface area contributed by atoms with E-state index >= 15 is 0 Å². The summed E-state index contributed by atoms with van der Waals surface area (Å²) in [7, 11) is 0. The van der Waals surface area contributed by atoms with Gasteiger partial charge in [-0.05, 0) is 26.3 Å². The maximum absolute atomic E-state index is 4.06. The monoisotopic (exact) mass is 196 g/mol. The lowest BCUT2D eigenvalue weighted by atomic mass is 10.1. The molecule has 0 aromatic carbocycles. The van der Waals surface area contributed by atoms with Crippen molar-refractivity contribution >= 4 is 0 Å². The van der Waals surface area contributed by atoms with Crippen LogP contribution in [-0.4, -0.2) is 27.4 Å². The number of unbranched alkanes of at least 4 members (excludes halogenated alkanes) is 1. The average Bonchev–Trinajstić information content (AvgIpc) is 2.65. The summed E-state index contributed by atoms with van der Waals surface area (Å²) in [6.07, 6.45) is 7.02. The Kier molecular flexibility index (Phi) is 5.22. The van der Waals surface area contributed by atoms with Gasteiger partial charge in [0.1, 0.15) is 12.7 Å². The zero-order valence-electron chi connectivity index (χ0n) is 9.11. The molecule has 0 aliphatic heterocycles. The zero-order chi connectivity index (χ0) is 10.2. The van der Waals surface area contributed by atoms with E-state index < -0.39 is 0 Å². The predicted molar refractivity (Wildman–Crippen MR) is 57.0 cm³/mol. The van der Waals surface area contributed by atoms with Crippen LogP contribution in [0.1, 0.15) is 33.1 Å². The highest BCUT2D eigenvalue weighted by Crippen LogP contribution is 2.01. The van der Waals surface area contributed by atoms with Crippen molar-refractivity contribution in [3.63, 3.8) is 0 Å². The summed E-state index contributed by atoms with van der Waals surface area (Å²) in [5.41, 5.74) is 0. The molecule has 0 amide bonds. The molecule has 0 radical (unpaired) electrons. The van der Waals surface area contributed by atoms with Gasteiger partial charge in [-0.1, -0.05) is 13.3 Å². The Bertz CT molecular complexity index is 220. The maximum atomic E-state index is 4.06. The lowest BCUT2D eigenvalue weighted by Crippen LogP contribution is -2.25. The van der Waals surface area contributed by atoms with Crippen LogP contribution in [0.2, 0.25) is 0 Å². The van der Waals surface area contributed by atoms with Gasteiger partial charge in [-0.15, -0.1) is 0 Å². The Morgan fingerprint density at radius 2 is 2.29 bits per heavy atom. The van der Waals surface area contributed by atoms with Crippen molar-refractivity contribution in [2.45, 2.75) is 45.7 Å². The van der Waals surface area contributed by atoms with Crippen LogP contribution in [0.15, 0.2) is 12.7 Å². The molecule has 1 aromatic rings. The second-order valence-corrected chi connectivity index (χ2v) is 3.61. The lowest BCUT2D eigenvalue weighted by molar-refractivity contribution is 0.474. The summed E-state index contributed by atoms with van der Waals surface area (Å²) < 4.78 is 1.89. The van der Waals surface area contributed by atoms with E-state index in [1.54, 1.807) is 12.7 Å². The van der Waals surface area contributed by atoms with Gasteiger partial charge in [0.25, 0.3) is 0 Å². The largest absolute Gasteiger partial charge is 0.315 e. The topological polar surface area (TPSA) is 42.7 Å². The van der Waals surface area contributed by atoms with Crippen LogP contribution in [0.25, 0.3) is 0 Å². The molecule has 1 N–H and O–H groups in total. The lowest BCUT2D eigenvalue weighted by Gasteiger charge is -2.11. The Labute approximate surface area is 85.7 Å². The van der Waals surface area contributed by atoms with E-state index in [1.807, 2.05) is 4.68 Å². The molecule has 4 heteroatoms. The molecule has 1 unspecified atom stereocenters. The van der Waals surface area contributed by atoms with Crippen LogP contribution in [0.3, 0.4) is 0 Å². The number of aromatic nitrogens is 3. The van der Waals surface area contributed by atoms with Crippen molar-refractivity contribution in [1.82, 2.24) is 20.1 Å². The maximum Gasteiger partial charge on any atom is 0.137 e. The van der Waals surface area contributed by atoms with Crippen LogP contribution in [-0.2, 0) is 6.54 Å². The predicted octanol–water partition coefficient (Wildman–Crippen LogP) is 1.45. The van der Waals surface area contributed by atoms with Gasteiger partial charge in [-0.2, -0.15) is 5.10 Å². The summed E-state index contributed by atoms with van der Waals surface area (Å²) in [6.45, 7) is 6.42. The molecule has 1 heterocycles. The van der Waals surface area contributed by atoms with Crippen molar-refractivity contribution < 1.29 is 0 Å². The Hall–Kier alpha value is -0.900. The van der Waals surface area contributed by atoms with Crippen LogP contribution >= 0.6 is 0 Å². The van der Waals surface area contributed by atoms with Crippen LogP contribution in [0.5, 0.6) is 0 Å². The molecule has 0 fully saturated rings. The number of aryl methyl sites for hydroxylation is 1. The molecule has 1 aromatic heterocycles. The van der Waals surface area contributed by atoms with E-state index in [-0.39, 0.29) is 0 Å². The normalized spacial score (nSPS) is 13.0. The molecule has 0 spiro atoms. The minimum Gasteiger partial charge on any atom is -0.315 e. The van der Waals surface area contributed by atoms with E-state index in [4.69, 9.17) is 0 Å². The Morgan fingerprint density at radius 3 is 2.93 bits per heavy atom. The molecule has 1 atom stereocenters. The highest BCUT2D eigenvalue weighted by Gasteiger charge is 1.99. The van der Waals surface area contributed by atoms with Crippen LogP contribution in [0, 0.1) is 0 Å². The molecule has 0 bridgehead atoms. The summed E-state index contributed by atoms with van der Waals surface area (Å²) in [4.78, 5) is 3.90. The smallest absolute Gasteiger partial charge is 0.137 e. The van der Waals surface area contributed by atoms with Crippen molar-refractivity contribution in [2.75, 3.05) is 6.54 Å². The second-order valence-electron chi connectivity index (χ2n) is 3.61. The first-order valence-electron chi connectivity index (χ1n) is 5.38. The van der Waals surface area contributed by atoms with Gasteiger partial charge in [-0.3, -0.25) is 4.68 Å². The number of hydrogen-bond acceptors (Lipinski definition) is 3. The summed E-state index contributed by atoms with van der Waals surface area (Å²) >= 11 is 0. The third kappa shape index (κ3) is 4.37. The molecule has 0 aliphatic rings. The fourth-order valence-electron chi connectivity index (χ4n) is 1.52. The third-order valence-electron chi connectivity index (χ3n) is 2.29. The molecule has 0 aliphatic carbocycles. The van der Waals surface area contributed by atoms with Crippen LogP contribution < -0.4 is 5.32 Å². The van der Waals surface area contributed by atoms with Crippen molar-refractivity contribution in [2.24, 2.45) is 0 Å². The number of nitrogens with zero attached hydrogens (tertiary/aromatic N) is 3. The van der Waals surface area contributed by atoms with Crippen molar-refractivity contribution in [3.05, 3.63) is 12.7 Å². The van der Waals surface area contributed by atoms with Gasteiger partial charge in [0.2, 0.25) is 0 Å². The van der Waals surface area contributed by atoms with Gasteiger partial charge in [0, 0.05) is 12.6 Å². The van der Waals surface area contributed by atoms with E-state index in [1.165, 1.54) is 19.3 Å². The highest BCUT2D eigenvalue weighted by molar-refractivity contribution is 4.60. The van der Waals surface area contributed by atoms with E-state index in [0.717, 1.165) is 13.1 Å². The molecular formula is C10H20N4. The first kappa shape index (κ1) is 11.2. The third-order valence-corrected chi connectivity index (χ3v) is 2.29. The summed E-state index contributed by atoms with van der Waals surface area (Å²) in [5, 5.41) is 7.46. The van der Waals surface area contributed by atoms with E-state index in [0.29, 0.717) is 6.04 Å². The highest BCUT2D eigenvalue weighted by atomic mass is 15.3. The second kappa shape index (κ2) is 6.54. The number of rotatable bonds is 7.